The fourth-order valence-electron chi connectivity index (χ4n) is 3.22. The molecule has 2 aromatic carbocycles. The van der Waals surface area contributed by atoms with Crippen LogP contribution in [0.1, 0.15) is 17.5 Å². The van der Waals surface area contributed by atoms with Crippen molar-refractivity contribution in [2.75, 3.05) is 12.3 Å². The van der Waals surface area contributed by atoms with Crippen molar-refractivity contribution in [3.63, 3.8) is 0 Å². The van der Waals surface area contributed by atoms with Crippen molar-refractivity contribution in [1.29, 1.82) is 0 Å². The van der Waals surface area contributed by atoms with Crippen molar-refractivity contribution in [2.45, 2.75) is 19.4 Å². The fourth-order valence-corrected chi connectivity index (χ4v) is 4.18. The second kappa shape index (κ2) is 7.79. The fraction of sp³-hybridized carbons (Fsp3) is 0.238. The molecule has 2 heterocycles. The summed E-state index contributed by atoms with van der Waals surface area (Å²) < 4.78 is 0. The van der Waals surface area contributed by atoms with E-state index in [1.807, 2.05) is 41.4 Å². The zero-order valence-electron chi connectivity index (χ0n) is 14.5. The molecule has 5 heteroatoms. The number of nitrogens with zero attached hydrogens (tertiary/aromatic N) is 2. The number of amides is 1. The predicted octanol–water partition coefficient (Wildman–Crippen LogP) is 4.23. The van der Waals surface area contributed by atoms with Gasteiger partial charge in [0.15, 0.2) is 5.17 Å². The van der Waals surface area contributed by atoms with Crippen LogP contribution in [0.25, 0.3) is 10.9 Å². The average molecular weight is 363 g/mol. The number of aromatic amines is 1. The van der Waals surface area contributed by atoms with Gasteiger partial charge in [0.05, 0.1) is 6.54 Å². The van der Waals surface area contributed by atoms with E-state index in [1.165, 1.54) is 16.5 Å². The van der Waals surface area contributed by atoms with Gasteiger partial charge in [0.25, 0.3) is 0 Å². The van der Waals surface area contributed by atoms with Crippen molar-refractivity contribution in [3.8, 4) is 0 Å². The van der Waals surface area contributed by atoms with Crippen molar-refractivity contribution >= 4 is 33.7 Å². The van der Waals surface area contributed by atoms with E-state index in [1.54, 1.807) is 11.8 Å². The third-order valence-electron chi connectivity index (χ3n) is 4.60. The lowest BCUT2D eigenvalue weighted by Gasteiger charge is -2.15. The summed E-state index contributed by atoms with van der Waals surface area (Å²) >= 11 is 1.67. The number of thioether (sulfide) groups is 1. The number of H-pyrrole nitrogens is 1. The molecule has 1 aliphatic rings. The van der Waals surface area contributed by atoms with Gasteiger partial charge in [-0.3, -0.25) is 14.7 Å². The molecule has 0 spiro atoms. The van der Waals surface area contributed by atoms with E-state index in [4.69, 9.17) is 0 Å². The Morgan fingerprint density at radius 3 is 2.81 bits per heavy atom. The van der Waals surface area contributed by atoms with Gasteiger partial charge in [0, 0.05) is 35.8 Å². The van der Waals surface area contributed by atoms with Crippen LogP contribution in [0.3, 0.4) is 0 Å². The molecule has 4 nitrogen and oxygen atoms in total. The van der Waals surface area contributed by atoms with Gasteiger partial charge < -0.3 is 4.98 Å². The molecule has 0 radical (unpaired) electrons. The number of amidine groups is 1. The molecule has 0 atom stereocenters. The first-order valence-corrected chi connectivity index (χ1v) is 9.86. The van der Waals surface area contributed by atoms with Crippen molar-refractivity contribution < 1.29 is 4.79 Å². The highest BCUT2D eigenvalue weighted by atomic mass is 32.2. The molecule has 0 saturated carbocycles. The van der Waals surface area contributed by atoms with E-state index in [9.17, 15) is 4.79 Å². The number of aromatic nitrogens is 1. The summed E-state index contributed by atoms with van der Waals surface area (Å²) in [6, 6.07) is 18.4. The smallest absolute Gasteiger partial charge is 0.228 e. The highest BCUT2D eigenvalue weighted by Crippen LogP contribution is 2.22. The predicted molar refractivity (Wildman–Crippen MR) is 108 cm³/mol. The van der Waals surface area contributed by atoms with E-state index in [0.717, 1.165) is 29.4 Å². The highest BCUT2D eigenvalue weighted by molar-refractivity contribution is 8.14. The molecule has 26 heavy (non-hydrogen) atoms. The van der Waals surface area contributed by atoms with E-state index < -0.39 is 0 Å². The van der Waals surface area contributed by atoms with E-state index in [-0.39, 0.29) is 5.91 Å². The standard InChI is InChI=1S/C21H21N3OS/c25-20(11-10-17-15-22-19-9-5-4-8-18(17)19)24-12-13-26-21(24)23-14-16-6-2-1-3-7-16/h1-9,15,22H,10-14H2. The van der Waals surface area contributed by atoms with Gasteiger partial charge in [0.2, 0.25) is 5.91 Å². The van der Waals surface area contributed by atoms with Crippen LogP contribution in [0, 0.1) is 0 Å². The zero-order valence-corrected chi connectivity index (χ0v) is 15.3. The minimum absolute atomic E-state index is 0.159. The van der Waals surface area contributed by atoms with Crippen LogP contribution in [0.2, 0.25) is 0 Å². The normalized spacial score (nSPS) is 15.8. The Kier molecular flexibility index (Phi) is 5.07. The number of para-hydroxylation sites is 1. The topological polar surface area (TPSA) is 48.5 Å². The number of fused-ring (bicyclic) bond motifs is 1. The van der Waals surface area contributed by atoms with E-state index in [2.05, 4.69) is 34.2 Å². The van der Waals surface area contributed by atoms with Gasteiger partial charge in [-0.25, -0.2) is 0 Å². The molecule has 0 unspecified atom stereocenters. The number of hydrogen-bond acceptors (Lipinski definition) is 3. The van der Waals surface area contributed by atoms with Gasteiger partial charge in [-0.1, -0.05) is 60.3 Å². The van der Waals surface area contributed by atoms with Crippen LogP contribution in [-0.2, 0) is 17.8 Å². The maximum Gasteiger partial charge on any atom is 0.228 e. The Bertz CT molecular complexity index is 933. The molecule has 1 amide bonds. The number of benzene rings is 2. The van der Waals surface area contributed by atoms with Crippen molar-refractivity contribution in [1.82, 2.24) is 9.88 Å². The summed E-state index contributed by atoms with van der Waals surface area (Å²) in [5.41, 5.74) is 3.49. The number of carbonyl (C=O) groups excluding carboxylic acids is 1. The van der Waals surface area contributed by atoms with E-state index >= 15 is 0 Å². The maximum atomic E-state index is 12.7. The summed E-state index contributed by atoms with van der Waals surface area (Å²) in [5.74, 6) is 1.08. The SMILES string of the molecule is O=C(CCc1c[nH]c2ccccc12)N1CCSC1=NCc1ccccc1. The van der Waals surface area contributed by atoms with Gasteiger partial charge in [-0.05, 0) is 23.6 Å². The van der Waals surface area contributed by atoms with Crippen LogP contribution in [0.5, 0.6) is 0 Å². The molecule has 1 saturated heterocycles. The Morgan fingerprint density at radius 2 is 1.92 bits per heavy atom. The molecule has 0 bridgehead atoms. The minimum atomic E-state index is 0.159. The van der Waals surface area contributed by atoms with Gasteiger partial charge in [-0.15, -0.1) is 0 Å². The molecule has 1 aliphatic heterocycles. The van der Waals surface area contributed by atoms with Crippen LogP contribution in [0.4, 0.5) is 0 Å². The van der Waals surface area contributed by atoms with Crippen LogP contribution >= 0.6 is 11.8 Å². The van der Waals surface area contributed by atoms with Crippen LogP contribution in [-0.4, -0.2) is 33.3 Å². The summed E-state index contributed by atoms with van der Waals surface area (Å²) in [5, 5.41) is 2.06. The first kappa shape index (κ1) is 16.9. The second-order valence-corrected chi connectivity index (χ2v) is 7.40. The largest absolute Gasteiger partial charge is 0.361 e. The van der Waals surface area contributed by atoms with Gasteiger partial charge in [0.1, 0.15) is 0 Å². The monoisotopic (exact) mass is 363 g/mol. The van der Waals surface area contributed by atoms with Gasteiger partial charge >= 0.3 is 0 Å². The molecule has 0 aliphatic carbocycles. The van der Waals surface area contributed by atoms with Crippen molar-refractivity contribution in [2.24, 2.45) is 4.99 Å². The Hall–Kier alpha value is -2.53. The first-order chi connectivity index (χ1) is 12.8. The number of aryl methyl sites for hydroxylation is 1. The minimum Gasteiger partial charge on any atom is -0.361 e. The number of hydrogen-bond donors (Lipinski definition) is 1. The van der Waals surface area contributed by atoms with Gasteiger partial charge in [-0.2, -0.15) is 0 Å². The Morgan fingerprint density at radius 1 is 1.12 bits per heavy atom. The second-order valence-electron chi connectivity index (χ2n) is 6.34. The lowest BCUT2D eigenvalue weighted by molar-refractivity contribution is -0.126. The third-order valence-corrected chi connectivity index (χ3v) is 5.60. The number of carbonyl (C=O) groups is 1. The quantitative estimate of drug-likeness (QED) is 0.737. The summed E-state index contributed by atoms with van der Waals surface area (Å²) in [4.78, 5) is 22.5. The van der Waals surface area contributed by atoms with E-state index in [0.29, 0.717) is 13.0 Å². The lowest BCUT2D eigenvalue weighted by Crippen LogP contribution is -2.32. The first-order valence-electron chi connectivity index (χ1n) is 8.88. The Balaban J connectivity index is 1.40. The highest BCUT2D eigenvalue weighted by Gasteiger charge is 2.25. The summed E-state index contributed by atoms with van der Waals surface area (Å²) in [6.07, 6.45) is 3.27. The molecule has 132 valence electrons. The molecular formula is C21H21N3OS. The molecular weight excluding hydrogens is 342 g/mol. The molecule has 4 rings (SSSR count). The number of nitrogens with one attached hydrogen (secondary N) is 1. The van der Waals surface area contributed by atoms with Crippen LogP contribution in [0.15, 0.2) is 65.8 Å². The summed E-state index contributed by atoms with van der Waals surface area (Å²) in [6.45, 7) is 1.38. The molecule has 1 N–H and O–H groups in total. The van der Waals surface area contributed by atoms with Crippen molar-refractivity contribution in [3.05, 3.63) is 71.9 Å². The van der Waals surface area contributed by atoms with Crippen LogP contribution < -0.4 is 0 Å². The molecule has 1 aromatic heterocycles. The third kappa shape index (κ3) is 3.68. The number of rotatable bonds is 5. The zero-order chi connectivity index (χ0) is 17.8. The molecule has 1 fully saturated rings. The summed E-state index contributed by atoms with van der Waals surface area (Å²) in [7, 11) is 0. The maximum absolute atomic E-state index is 12.7. The average Bonchev–Trinajstić information content (AvgIpc) is 3.32. The number of aliphatic imine (C=N–C) groups is 1. The molecule has 3 aromatic rings. The Labute approximate surface area is 157 Å². The lowest BCUT2D eigenvalue weighted by atomic mass is 10.1.